The number of hydrogen-bond donors (Lipinski definition) is 0. The van der Waals surface area contributed by atoms with E-state index in [2.05, 4.69) is 0 Å². The van der Waals surface area contributed by atoms with Crippen LogP contribution < -0.4 is 0 Å². The maximum absolute atomic E-state index is 4.72. The maximum Gasteiger partial charge on any atom is 2.00 e. The van der Waals surface area contributed by atoms with E-state index >= 15 is 0 Å². The molecular formula is C4H4Rh. The predicted molar refractivity (Wildman–Crippen MR) is 17.7 cm³/mol. The average Bonchev–Trinajstić information content (AvgIpc) is 1.37. The van der Waals surface area contributed by atoms with Crippen LogP contribution in [0.2, 0.25) is 0 Å². The molecule has 0 aromatic rings. The Balaban J connectivity index is 0. The Labute approximate surface area is 45.3 Å². The molecule has 0 aliphatic heterocycles. The molecule has 0 amide bonds. The van der Waals surface area contributed by atoms with E-state index in [1.807, 2.05) is 0 Å². The van der Waals surface area contributed by atoms with Crippen molar-refractivity contribution in [2.75, 3.05) is 0 Å². The van der Waals surface area contributed by atoms with Crippen molar-refractivity contribution in [3.05, 3.63) is 25.3 Å². The summed E-state index contributed by atoms with van der Waals surface area (Å²) in [5, 5.41) is 0. The van der Waals surface area contributed by atoms with Crippen molar-refractivity contribution in [2.24, 2.45) is 0 Å². The third-order valence-corrected chi connectivity index (χ3v) is 0.111. The first-order valence-corrected chi connectivity index (χ1v) is 1.00. The van der Waals surface area contributed by atoms with Crippen molar-refractivity contribution >= 4 is 0 Å². The van der Waals surface area contributed by atoms with Crippen LogP contribution in [0, 0.1) is 13.2 Å². The van der Waals surface area contributed by atoms with E-state index in [0.717, 1.165) is 0 Å². The van der Waals surface area contributed by atoms with Gasteiger partial charge in [0.25, 0.3) is 0 Å². The normalized spacial score (nSPS) is 4.00. The van der Waals surface area contributed by atoms with Crippen LogP contribution in [0.1, 0.15) is 0 Å². The second-order valence-electron chi connectivity index (χ2n) is 0.385. The van der Waals surface area contributed by atoms with Gasteiger partial charge in [-0.25, -0.2) is 0 Å². The van der Waals surface area contributed by atoms with Gasteiger partial charge in [0, 0.05) is 0 Å². The third kappa shape index (κ3) is 14.9. The summed E-state index contributed by atoms with van der Waals surface area (Å²) in [6.45, 7) is 9.44. The van der Waals surface area contributed by atoms with Crippen molar-refractivity contribution in [3.8, 4) is 0 Å². The van der Waals surface area contributed by atoms with Crippen LogP contribution in [0.15, 0.2) is 12.2 Å². The van der Waals surface area contributed by atoms with E-state index in [0.29, 0.717) is 0 Å². The van der Waals surface area contributed by atoms with Crippen LogP contribution >= 0.6 is 0 Å². The molecule has 0 fully saturated rings. The minimum Gasteiger partial charge on any atom is -0.394 e. The summed E-state index contributed by atoms with van der Waals surface area (Å²) in [6.07, 6.45) is 2.56. The first kappa shape index (κ1) is 8.92. The van der Waals surface area contributed by atoms with Crippen LogP contribution in [-0.4, -0.2) is 0 Å². The second-order valence-corrected chi connectivity index (χ2v) is 0.385. The number of hydrogen-bond acceptors (Lipinski definition) is 0. The molecule has 0 N–H and O–H groups in total. The fourth-order valence-corrected chi connectivity index (χ4v) is 0. The number of rotatable bonds is 1. The third-order valence-electron chi connectivity index (χ3n) is 0.111. The summed E-state index contributed by atoms with van der Waals surface area (Å²) in [7, 11) is 0. The van der Waals surface area contributed by atoms with Crippen molar-refractivity contribution in [3.63, 3.8) is 0 Å². The Hall–Kier alpha value is 0.103. The van der Waals surface area contributed by atoms with E-state index in [4.69, 9.17) is 13.2 Å². The molecule has 1 radical (unpaired) electrons. The zero-order valence-electron chi connectivity index (χ0n) is 2.64. The standard InChI is InChI=1S/C4H4.Rh/c1-3-4-2;/h1-4H;/q-2;+2. The SMILES string of the molecule is [CH-]=CC=[CH-].[Rh+2]. The molecule has 0 aromatic carbocycles. The fraction of sp³-hybridized carbons (Fsp3) is 0. The van der Waals surface area contributed by atoms with Crippen molar-refractivity contribution in [2.45, 2.75) is 0 Å². The van der Waals surface area contributed by atoms with E-state index in [9.17, 15) is 0 Å². The van der Waals surface area contributed by atoms with Crippen LogP contribution in [0.25, 0.3) is 0 Å². The Morgan fingerprint density at radius 1 is 1.00 bits per heavy atom. The first-order chi connectivity index (χ1) is 1.91. The Kier molecular flexibility index (Phi) is 15.9. The molecule has 0 bridgehead atoms. The van der Waals surface area contributed by atoms with Crippen molar-refractivity contribution in [1.82, 2.24) is 0 Å². The molecule has 5 heavy (non-hydrogen) atoms. The summed E-state index contributed by atoms with van der Waals surface area (Å²) in [6, 6.07) is 0. The summed E-state index contributed by atoms with van der Waals surface area (Å²) in [5.41, 5.74) is 0. The average molecular weight is 155 g/mol. The zero-order valence-corrected chi connectivity index (χ0v) is 4.28. The van der Waals surface area contributed by atoms with Gasteiger partial charge in [0.15, 0.2) is 0 Å². The molecule has 0 unspecified atom stereocenters. The van der Waals surface area contributed by atoms with Crippen LogP contribution in [-0.2, 0) is 19.5 Å². The zero-order chi connectivity index (χ0) is 3.41. The molecule has 0 atom stereocenters. The van der Waals surface area contributed by atoms with Gasteiger partial charge in [0.05, 0.1) is 0 Å². The fourth-order valence-electron chi connectivity index (χ4n) is 0. The van der Waals surface area contributed by atoms with Crippen molar-refractivity contribution < 1.29 is 19.5 Å². The smallest absolute Gasteiger partial charge is 0.394 e. The minimum atomic E-state index is 0. The van der Waals surface area contributed by atoms with Gasteiger partial charge in [0.1, 0.15) is 0 Å². The molecule has 0 spiro atoms. The van der Waals surface area contributed by atoms with E-state index < -0.39 is 0 Å². The van der Waals surface area contributed by atoms with Gasteiger partial charge in [-0.05, 0) is 0 Å². The van der Waals surface area contributed by atoms with Crippen LogP contribution in [0.3, 0.4) is 0 Å². The van der Waals surface area contributed by atoms with Gasteiger partial charge in [0.2, 0.25) is 0 Å². The summed E-state index contributed by atoms with van der Waals surface area (Å²) in [4.78, 5) is 0. The topological polar surface area (TPSA) is 0 Å². The molecule has 0 rings (SSSR count). The summed E-state index contributed by atoms with van der Waals surface area (Å²) in [5.74, 6) is 0. The molecule has 0 saturated carbocycles. The molecule has 0 aliphatic rings. The largest absolute Gasteiger partial charge is 2.00 e. The van der Waals surface area contributed by atoms with Gasteiger partial charge in [-0.1, -0.05) is 0 Å². The molecule has 0 aliphatic carbocycles. The molecule has 29 valence electrons. The van der Waals surface area contributed by atoms with Gasteiger partial charge < -0.3 is 25.3 Å². The summed E-state index contributed by atoms with van der Waals surface area (Å²) < 4.78 is 0. The Morgan fingerprint density at radius 3 is 1.20 bits per heavy atom. The molecule has 0 saturated heterocycles. The van der Waals surface area contributed by atoms with Gasteiger partial charge in [-0.2, -0.15) is 0 Å². The molecule has 0 nitrogen and oxygen atoms in total. The maximum atomic E-state index is 4.72. The van der Waals surface area contributed by atoms with Gasteiger partial charge in [-0.15, -0.1) is 0 Å². The minimum absolute atomic E-state index is 0. The first-order valence-electron chi connectivity index (χ1n) is 1.00. The molecular weight excluding hydrogens is 151 g/mol. The number of allylic oxidation sites excluding steroid dienone is 2. The second kappa shape index (κ2) is 8.93. The Bertz CT molecular complexity index is 24.6. The predicted octanol–water partition coefficient (Wildman–Crippen LogP) is 0.962. The van der Waals surface area contributed by atoms with Gasteiger partial charge in [-0.3, -0.25) is 0 Å². The van der Waals surface area contributed by atoms with Crippen molar-refractivity contribution in [1.29, 1.82) is 0 Å². The van der Waals surface area contributed by atoms with Gasteiger partial charge >= 0.3 is 19.5 Å². The molecule has 0 heterocycles. The summed E-state index contributed by atoms with van der Waals surface area (Å²) >= 11 is 0. The quantitative estimate of drug-likeness (QED) is 0.300. The Morgan fingerprint density at radius 2 is 1.20 bits per heavy atom. The van der Waals surface area contributed by atoms with E-state index in [1.165, 1.54) is 12.2 Å². The van der Waals surface area contributed by atoms with Crippen LogP contribution in [0.5, 0.6) is 0 Å². The van der Waals surface area contributed by atoms with E-state index in [1.54, 1.807) is 0 Å². The van der Waals surface area contributed by atoms with E-state index in [-0.39, 0.29) is 19.5 Å². The van der Waals surface area contributed by atoms with Crippen LogP contribution in [0.4, 0.5) is 0 Å². The molecule has 1 heteroatoms. The molecule has 0 aromatic heterocycles. The monoisotopic (exact) mass is 155 g/mol.